The Bertz CT molecular complexity index is 446. The molecule has 0 saturated carbocycles. The van der Waals surface area contributed by atoms with Gasteiger partial charge in [-0.25, -0.2) is 0 Å². The molecule has 0 spiro atoms. The average molecular weight is 279 g/mol. The first-order valence-corrected chi connectivity index (χ1v) is 7.65. The van der Waals surface area contributed by atoms with E-state index in [4.69, 9.17) is 5.11 Å². The summed E-state index contributed by atoms with van der Waals surface area (Å²) in [5, 5.41) is 17.9. The lowest BCUT2D eigenvalue weighted by atomic mass is 9.99. The number of nitrogens with zero attached hydrogens (tertiary/aromatic N) is 1. The van der Waals surface area contributed by atoms with E-state index in [0.29, 0.717) is 18.9 Å². The summed E-state index contributed by atoms with van der Waals surface area (Å²) in [6, 6.07) is 4.19. The minimum Gasteiger partial charge on any atom is -0.396 e. The highest BCUT2D eigenvalue weighted by atomic mass is 32.1. The van der Waals surface area contributed by atoms with Gasteiger partial charge in [-0.05, 0) is 37.4 Å². The van der Waals surface area contributed by atoms with Crippen molar-refractivity contribution in [2.75, 3.05) is 26.3 Å². The van der Waals surface area contributed by atoms with Gasteiger partial charge in [-0.15, -0.1) is 11.3 Å². The molecule has 0 aromatic carbocycles. The largest absolute Gasteiger partial charge is 0.396 e. The average Bonchev–Trinajstić information content (AvgIpc) is 2.87. The van der Waals surface area contributed by atoms with Gasteiger partial charge in [0.1, 0.15) is 0 Å². The summed E-state index contributed by atoms with van der Waals surface area (Å²) in [6.07, 6.45) is 2.87. The molecule has 1 saturated heterocycles. The van der Waals surface area contributed by atoms with Crippen molar-refractivity contribution in [3.8, 4) is 11.8 Å². The summed E-state index contributed by atoms with van der Waals surface area (Å²) in [7, 11) is 0. The Balaban J connectivity index is 1.87. The van der Waals surface area contributed by atoms with Crippen LogP contribution in [0.25, 0.3) is 0 Å². The van der Waals surface area contributed by atoms with Crippen molar-refractivity contribution in [1.29, 1.82) is 0 Å². The monoisotopic (exact) mass is 279 g/mol. The molecule has 0 radical (unpaired) electrons. The number of rotatable bonds is 4. The molecule has 0 aliphatic carbocycles. The molecule has 19 heavy (non-hydrogen) atoms. The fourth-order valence-electron chi connectivity index (χ4n) is 2.40. The van der Waals surface area contributed by atoms with Gasteiger partial charge in [0.05, 0.1) is 11.5 Å². The van der Waals surface area contributed by atoms with Crippen molar-refractivity contribution < 1.29 is 10.2 Å². The fourth-order valence-corrected chi connectivity index (χ4v) is 3.32. The van der Waals surface area contributed by atoms with Gasteiger partial charge in [0.15, 0.2) is 0 Å². The highest BCUT2D eigenvalue weighted by molar-refractivity contribution is 7.12. The standard InChI is InChI=1S/C15H21NO2S/c17-9-2-1-5-14-6-7-15(19-14)11-16-8-3-4-13(10-16)12-18/h6-7,13,17-18H,2-4,8-12H2. The van der Waals surface area contributed by atoms with E-state index < -0.39 is 0 Å². The van der Waals surface area contributed by atoms with Crippen LogP contribution < -0.4 is 0 Å². The van der Waals surface area contributed by atoms with Crippen molar-refractivity contribution in [3.05, 3.63) is 21.9 Å². The van der Waals surface area contributed by atoms with Gasteiger partial charge in [-0.2, -0.15) is 0 Å². The molecule has 4 heteroatoms. The first-order valence-electron chi connectivity index (χ1n) is 6.83. The first kappa shape index (κ1) is 14.5. The zero-order chi connectivity index (χ0) is 13.5. The second kappa shape index (κ2) is 7.66. The van der Waals surface area contributed by atoms with E-state index in [1.165, 1.54) is 11.3 Å². The fraction of sp³-hybridized carbons (Fsp3) is 0.600. The molecule has 0 amide bonds. The summed E-state index contributed by atoms with van der Waals surface area (Å²) < 4.78 is 0. The third-order valence-corrected chi connectivity index (χ3v) is 4.34. The van der Waals surface area contributed by atoms with Crippen LogP contribution in [0.3, 0.4) is 0 Å². The second-order valence-corrected chi connectivity index (χ2v) is 6.14. The molecular formula is C15H21NO2S. The smallest absolute Gasteiger partial charge is 0.0771 e. The van der Waals surface area contributed by atoms with Gasteiger partial charge >= 0.3 is 0 Å². The Kier molecular flexibility index (Phi) is 5.87. The van der Waals surface area contributed by atoms with Crippen LogP contribution in [0.5, 0.6) is 0 Å². The molecule has 1 aromatic heterocycles. The summed E-state index contributed by atoms with van der Waals surface area (Å²) in [4.78, 5) is 4.81. The van der Waals surface area contributed by atoms with Crippen LogP contribution in [0.15, 0.2) is 12.1 Å². The normalized spacial score (nSPS) is 20.0. The minimum absolute atomic E-state index is 0.127. The lowest BCUT2D eigenvalue weighted by molar-refractivity contribution is 0.116. The third kappa shape index (κ3) is 4.63. The maximum Gasteiger partial charge on any atom is 0.0771 e. The molecule has 1 fully saturated rings. The summed E-state index contributed by atoms with van der Waals surface area (Å²) >= 11 is 1.73. The third-order valence-electron chi connectivity index (χ3n) is 3.35. The van der Waals surface area contributed by atoms with Crippen LogP contribution in [-0.4, -0.2) is 41.4 Å². The van der Waals surface area contributed by atoms with Crippen LogP contribution in [0.2, 0.25) is 0 Å². The lowest BCUT2D eigenvalue weighted by Crippen LogP contribution is -2.36. The molecule has 2 heterocycles. The Morgan fingerprint density at radius 2 is 2.26 bits per heavy atom. The number of aliphatic hydroxyl groups is 2. The minimum atomic E-state index is 0.127. The van der Waals surface area contributed by atoms with Crippen molar-refractivity contribution >= 4 is 11.3 Å². The van der Waals surface area contributed by atoms with Crippen LogP contribution in [0, 0.1) is 17.8 Å². The summed E-state index contributed by atoms with van der Waals surface area (Å²) in [5.74, 6) is 6.46. The molecule has 104 valence electrons. The molecule has 1 aliphatic heterocycles. The van der Waals surface area contributed by atoms with Crippen LogP contribution in [0.1, 0.15) is 29.0 Å². The van der Waals surface area contributed by atoms with Gasteiger partial charge in [-0.3, -0.25) is 4.90 Å². The molecule has 0 bridgehead atoms. The van der Waals surface area contributed by atoms with Crippen molar-refractivity contribution in [1.82, 2.24) is 4.90 Å². The van der Waals surface area contributed by atoms with E-state index in [2.05, 4.69) is 28.9 Å². The van der Waals surface area contributed by atoms with Crippen molar-refractivity contribution in [3.63, 3.8) is 0 Å². The number of hydrogen-bond donors (Lipinski definition) is 2. The highest BCUT2D eigenvalue weighted by Crippen LogP contribution is 2.22. The Morgan fingerprint density at radius 1 is 1.37 bits per heavy atom. The Labute approximate surface area is 118 Å². The molecular weight excluding hydrogens is 258 g/mol. The molecule has 2 N–H and O–H groups in total. The van der Waals surface area contributed by atoms with Crippen LogP contribution in [-0.2, 0) is 6.54 Å². The first-order chi connectivity index (χ1) is 9.31. The number of thiophene rings is 1. The predicted octanol–water partition coefficient (Wildman–Crippen LogP) is 1.69. The maximum absolute atomic E-state index is 9.24. The Morgan fingerprint density at radius 3 is 3.05 bits per heavy atom. The molecule has 1 aliphatic rings. The summed E-state index contributed by atoms with van der Waals surface area (Å²) in [6.45, 7) is 3.52. The van der Waals surface area contributed by atoms with E-state index in [1.807, 2.05) is 0 Å². The van der Waals surface area contributed by atoms with Crippen molar-refractivity contribution in [2.45, 2.75) is 25.8 Å². The second-order valence-electron chi connectivity index (χ2n) is 4.97. The molecule has 2 rings (SSSR count). The summed E-state index contributed by atoms with van der Waals surface area (Å²) in [5.41, 5.74) is 0. The van der Waals surface area contributed by atoms with Gasteiger partial charge < -0.3 is 10.2 Å². The van der Waals surface area contributed by atoms with Crippen LogP contribution in [0.4, 0.5) is 0 Å². The number of hydrogen-bond acceptors (Lipinski definition) is 4. The SMILES string of the molecule is OCCC#Cc1ccc(CN2CCCC(CO)C2)s1. The predicted molar refractivity (Wildman–Crippen MR) is 78.0 cm³/mol. The Hall–Kier alpha value is -0.860. The van der Waals surface area contributed by atoms with Gasteiger partial charge in [0, 0.05) is 31.0 Å². The maximum atomic E-state index is 9.24. The topological polar surface area (TPSA) is 43.7 Å². The number of likely N-dealkylation sites (tertiary alicyclic amines) is 1. The molecule has 1 atom stereocenters. The van der Waals surface area contributed by atoms with Gasteiger partial charge in [0.25, 0.3) is 0 Å². The van der Waals surface area contributed by atoms with E-state index in [1.54, 1.807) is 11.3 Å². The van der Waals surface area contributed by atoms with Gasteiger partial charge in [-0.1, -0.05) is 11.8 Å². The number of aliphatic hydroxyl groups excluding tert-OH is 2. The zero-order valence-corrected chi connectivity index (χ0v) is 12.0. The molecule has 1 unspecified atom stereocenters. The van der Waals surface area contributed by atoms with Gasteiger partial charge in [0.2, 0.25) is 0 Å². The van der Waals surface area contributed by atoms with Crippen LogP contribution >= 0.6 is 11.3 Å². The lowest BCUT2D eigenvalue weighted by Gasteiger charge is -2.31. The highest BCUT2D eigenvalue weighted by Gasteiger charge is 2.19. The quantitative estimate of drug-likeness (QED) is 0.824. The van der Waals surface area contributed by atoms with E-state index in [-0.39, 0.29) is 6.61 Å². The molecule has 1 aromatic rings. The van der Waals surface area contributed by atoms with E-state index in [9.17, 15) is 5.11 Å². The van der Waals surface area contributed by atoms with E-state index in [0.717, 1.165) is 30.9 Å². The van der Waals surface area contributed by atoms with Crippen molar-refractivity contribution in [2.24, 2.45) is 5.92 Å². The molecule has 3 nitrogen and oxygen atoms in total. The van der Waals surface area contributed by atoms with E-state index >= 15 is 0 Å². The zero-order valence-electron chi connectivity index (χ0n) is 11.1. The number of piperidine rings is 1.